The number of aliphatic hydroxyl groups excluding tert-OH is 1. The third kappa shape index (κ3) is 7.67. The van der Waals surface area contributed by atoms with Crippen molar-refractivity contribution in [1.82, 2.24) is 10.8 Å². The Morgan fingerprint density at radius 1 is 1.04 bits per heavy atom. The molecule has 1 aromatic carbocycles. The number of carbonyl (C=O) groups excluding carboxylic acids is 2. The second-order valence-electron chi connectivity index (χ2n) is 6.38. The van der Waals surface area contributed by atoms with Gasteiger partial charge in [-0.25, -0.2) is 5.48 Å². The van der Waals surface area contributed by atoms with Crippen molar-refractivity contribution in [1.29, 1.82) is 0 Å². The smallest absolute Gasteiger partial charge is 0.268 e. The molecule has 4 N–H and O–H groups in total. The van der Waals surface area contributed by atoms with E-state index in [0.717, 1.165) is 12.8 Å². The maximum Gasteiger partial charge on any atom is 0.268 e. The van der Waals surface area contributed by atoms with Gasteiger partial charge in [-0.2, -0.15) is 0 Å². The fourth-order valence-electron chi connectivity index (χ4n) is 2.63. The second-order valence-corrected chi connectivity index (χ2v) is 6.38. The number of aryl methyl sites for hydroxylation is 1. The summed E-state index contributed by atoms with van der Waals surface area (Å²) in [7, 11) is 0. The SMILES string of the molecule is CCCCCCCCc1ccc(C(=O)NC(C(=O)NO)C(C)O)cc1. The highest BCUT2D eigenvalue weighted by molar-refractivity contribution is 5.97. The van der Waals surface area contributed by atoms with Crippen LogP contribution in [0.2, 0.25) is 0 Å². The first kappa shape index (κ1) is 21.1. The third-order valence-electron chi connectivity index (χ3n) is 4.20. The summed E-state index contributed by atoms with van der Waals surface area (Å²) in [6.07, 6.45) is 7.32. The Morgan fingerprint density at radius 3 is 2.20 bits per heavy atom. The molecule has 0 aliphatic rings. The fourth-order valence-corrected chi connectivity index (χ4v) is 2.63. The van der Waals surface area contributed by atoms with Crippen LogP contribution < -0.4 is 10.8 Å². The topological polar surface area (TPSA) is 98.7 Å². The lowest BCUT2D eigenvalue weighted by Crippen LogP contribution is -2.51. The van der Waals surface area contributed by atoms with E-state index in [2.05, 4.69) is 12.2 Å². The Kier molecular flexibility index (Phi) is 9.80. The number of hydrogen-bond acceptors (Lipinski definition) is 4. The molecule has 0 spiro atoms. The quantitative estimate of drug-likeness (QED) is 0.280. The van der Waals surface area contributed by atoms with Gasteiger partial charge < -0.3 is 10.4 Å². The van der Waals surface area contributed by atoms with Crippen LogP contribution in [-0.4, -0.2) is 34.3 Å². The number of unbranched alkanes of at least 4 members (excludes halogenated alkanes) is 5. The molecule has 2 amide bonds. The van der Waals surface area contributed by atoms with Gasteiger partial charge in [0.05, 0.1) is 6.10 Å². The van der Waals surface area contributed by atoms with E-state index >= 15 is 0 Å². The number of hydrogen-bond donors (Lipinski definition) is 4. The highest BCUT2D eigenvalue weighted by Crippen LogP contribution is 2.11. The maximum atomic E-state index is 12.2. The minimum atomic E-state index is -1.21. The summed E-state index contributed by atoms with van der Waals surface area (Å²) in [5, 5.41) is 20.6. The summed E-state index contributed by atoms with van der Waals surface area (Å²) in [5.74, 6) is -1.33. The number of hydroxylamine groups is 1. The number of benzene rings is 1. The number of rotatable bonds is 11. The van der Waals surface area contributed by atoms with Crippen LogP contribution in [0.25, 0.3) is 0 Å². The van der Waals surface area contributed by atoms with E-state index in [4.69, 9.17) is 5.21 Å². The first-order chi connectivity index (χ1) is 12.0. The molecule has 0 aromatic heterocycles. The minimum Gasteiger partial charge on any atom is -0.391 e. The summed E-state index contributed by atoms with van der Waals surface area (Å²) >= 11 is 0. The zero-order valence-corrected chi connectivity index (χ0v) is 15.1. The highest BCUT2D eigenvalue weighted by Gasteiger charge is 2.25. The van der Waals surface area contributed by atoms with Crippen LogP contribution in [0.5, 0.6) is 0 Å². The molecule has 0 saturated carbocycles. The summed E-state index contributed by atoms with van der Waals surface area (Å²) in [6.45, 7) is 3.57. The van der Waals surface area contributed by atoms with Crippen LogP contribution in [0.1, 0.15) is 68.3 Å². The molecule has 0 aliphatic heterocycles. The van der Waals surface area contributed by atoms with Crippen LogP contribution in [0.3, 0.4) is 0 Å². The average molecular weight is 350 g/mol. The van der Waals surface area contributed by atoms with Crippen molar-refractivity contribution in [3.63, 3.8) is 0 Å². The van der Waals surface area contributed by atoms with Gasteiger partial charge in [0.15, 0.2) is 0 Å². The Bertz CT molecular complexity index is 529. The molecule has 1 aromatic rings. The first-order valence-electron chi connectivity index (χ1n) is 9.01. The van der Waals surface area contributed by atoms with Crippen molar-refractivity contribution >= 4 is 11.8 Å². The second kappa shape index (κ2) is 11.6. The predicted octanol–water partition coefficient (Wildman–Crippen LogP) is 2.57. The van der Waals surface area contributed by atoms with Crippen molar-refractivity contribution in [2.45, 2.75) is 70.9 Å². The molecule has 6 nitrogen and oxygen atoms in total. The standard InChI is InChI=1S/C19H30N2O4/c1-3-4-5-6-7-8-9-15-10-12-16(13-11-15)18(23)20-17(14(2)22)19(24)21-25/h10-14,17,22,25H,3-9H2,1-2H3,(H,20,23)(H,21,24). The molecule has 0 saturated heterocycles. The van der Waals surface area contributed by atoms with Gasteiger partial charge in [-0.1, -0.05) is 51.2 Å². The van der Waals surface area contributed by atoms with E-state index in [-0.39, 0.29) is 0 Å². The van der Waals surface area contributed by atoms with Gasteiger partial charge in [-0.05, 0) is 37.5 Å². The van der Waals surface area contributed by atoms with E-state index in [1.807, 2.05) is 12.1 Å². The van der Waals surface area contributed by atoms with E-state index in [9.17, 15) is 14.7 Å². The molecule has 0 fully saturated rings. The lowest BCUT2D eigenvalue weighted by atomic mass is 10.0. The number of carbonyl (C=O) groups is 2. The lowest BCUT2D eigenvalue weighted by molar-refractivity contribution is -0.133. The number of amides is 2. The molecule has 2 unspecified atom stereocenters. The molecule has 6 heteroatoms. The maximum absolute atomic E-state index is 12.2. The third-order valence-corrected chi connectivity index (χ3v) is 4.20. The van der Waals surface area contributed by atoms with Gasteiger partial charge in [0.25, 0.3) is 11.8 Å². The van der Waals surface area contributed by atoms with Gasteiger partial charge >= 0.3 is 0 Å². The van der Waals surface area contributed by atoms with E-state index in [0.29, 0.717) is 5.56 Å². The van der Waals surface area contributed by atoms with Gasteiger partial charge in [-0.3, -0.25) is 14.8 Å². The summed E-state index contributed by atoms with van der Waals surface area (Å²) in [6, 6.07) is 6.02. The van der Waals surface area contributed by atoms with E-state index in [1.165, 1.54) is 50.1 Å². The zero-order chi connectivity index (χ0) is 18.7. The zero-order valence-electron chi connectivity index (χ0n) is 15.1. The molecule has 0 bridgehead atoms. The molecule has 2 atom stereocenters. The van der Waals surface area contributed by atoms with Crippen molar-refractivity contribution < 1.29 is 19.9 Å². The van der Waals surface area contributed by atoms with E-state index in [1.54, 1.807) is 12.1 Å². The van der Waals surface area contributed by atoms with Gasteiger partial charge in [0.1, 0.15) is 6.04 Å². The Morgan fingerprint density at radius 2 is 1.64 bits per heavy atom. The summed E-state index contributed by atoms with van der Waals surface area (Å²) in [5.41, 5.74) is 3.02. The van der Waals surface area contributed by atoms with Gasteiger partial charge in [0, 0.05) is 5.56 Å². The Hall–Kier alpha value is -1.92. The number of nitrogens with one attached hydrogen (secondary N) is 2. The number of aliphatic hydroxyl groups is 1. The Balaban J connectivity index is 2.49. The Labute approximate surface area is 149 Å². The predicted molar refractivity (Wildman–Crippen MR) is 96.4 cm³/mol. The normalized spacial score (nSPS) is 13.1. The van der Waals surface area contributed by atoms with Crippen LogP contribution in [0, 0.1) is 0 Å². The van der Waals surface area contributed by atoms with Crippen LogP contribution in [0.15, 0.2) is 24.3 Å². The molecular formula is C19H30N2O4. The lowest BCUT2D eigenvalue weighted by Gasteiger charge is -2.19. The molecule has 1 rings (SSSR count). The molecule has 140 valence electrons. The summed E-state index contributed by atoms with van der Waals surface area (Å²) < 4.78 is 0. The van der Waals surface area contributed by atoms with Gasteiger partial charge in [0.2, 0.25) is 0 Å². The van der Waals surface area contributed by atoms with Crippen LogP contribution >= 0.6 is 0 Å². The van der Waals surface area contributed by atoms with Gasteiger partial charge in [-0.15, -0.1) is 0 Å². The molecule has 25 heavy (non-hydrogen) atoms. The van der Waals surface area contributed by atoms with Crippen LogP contribution in [0.4, 0.5) is 0 Å². The van der Waals surface area contributed by atoms with E-state index < -0.39 is 24.0 Å². The largest absolute Gasteiger partial charge is 0.391 e. The van der Waals surface area contributed by atoms with Crippen molar-refractivity contribution in [2.24, 2.45) is 0 Å². The van der Waals surface area contributed by atoms with Crippen molar-refractivity contribution in [3.05, 3.63) is 35.4 Å². The molecule has 0 aliphatic carbocycles. The fraction of sp³-hybridized carbons (Fsp3) is 0.579. The molecule has 0 radical (unpaired) electrons. The first-order valence-corrected chi connectivity index (χ1v) is 9.01. The average Bonchev–Trinajstić information content (AvgIpc) is 2.62. The monoisotopic (exact) mass is 350 g/mol. The van der Waals surface area contributed by atoms with Crippen LogP contribution in [-0.2, 0) is 11.2 Å². The molecule has 0 heterocycles. The molecular weight excluding hydrogens is 320 g/mol. The highest BCUT2D eigenvalue weighted by atomic mass is 16.5. The minimum absolute atomic E-state index is 0.406. The van der Waals surface area contributed by atoms with Crippen molar-refractivity contribution in [2.75, 3.05) is 0 Å². The summed E-state index contributed by atoms with van der Waals surface area (Å²) in [4.78, 5) is 23.6. The van der Waals surface area contributed by atoms with Crippen molar-refractivity contribution in [3.8, 4) is 0 Å².